The molecule has 2 rings (SSSR count). The molecule has 1 aliphatic heterocycles. The van der Waals surface area contributed by atoms with Crippen LogP contribution in [0.4, 0.5) is 0 Å². The Bertz CT molecular complexity index is 304. The predicted octanol–water partition coefficient (Wildman–Crippen LogP) is 2.23. The van der Waals surface area contributed by atoms with Crippen LogP contribution in [0.25, 0.3) is 0 Å². The minimum absolute atomic E-state index is 0.114. The number of amides is 1. The molecule has 0 unspecified atom stereocenters. The normalized spacial score (nSPS) is 16.7. The molecule has 0 saturated carbocycles. The van der Waals surface area contributed by atoms with E-state index in [1.807, 2.05) is 11.4 Å². The molecule has 2 heterocycles. The standard InChI is InChI=1S/C11H15NO2S/c13-11(12-7-1-2-8-14-12)6-5-10-4-3-9-15-10/h3-4,9H,1-2,5-8H2. The second kappa shape index (κ2) is 5.28. The van der Waals surface area contributed by atoms with Gasteiger partial charge in [0.2, 0.25) is 5.91 Å². The van der Waals surface area contributed by atoms with Crippen molar-refractivity contribution in [2.75, 3.05) is 13.2 Å². The van der Waals surface area contributed by atoms with Crippen molar-refractivity contribution in [3.8, 4) is 0 Å². The second-order valence-electron chi connectivity index (χ2n) is 3.62. The first-order valence-corrected chi connectivity index (χ1v) is 6.20. The summed E-state index contributed by atoms with van der Waals surface area (Å²) in [4.78, 5) is 18.3. The first kappa shape index (κ1) is 10.6. The second-order valence-corrected chi connectivity index (χ2v) is 4.65. The van der Waals surface area contributed by atoms with Crippen molar-refractivity contribution in [3.63, 3.8) is 0 Å². The van der Waals surface area contributed by atoms with Gasteiger partial charge in [-0.15, -0.1) is 11.3 Å². The fourth-order valence-electron chi connectivity index (χ4n) is 1.60. The Morgan fingerprint density at radius 2 is 2.47 bits per heavy atom. The van der Waals surface area contributed by atoms with Gasteiger partial charge in [0, 0.05) is 17.8 Å². The van der Waals surface area contributed by atoms with Crippen molar-refractivity contribution in [3.05, 3.63) is 22.4 Å². The molecular formula is C11H15NO2S. The van der Waals surface area contributed by atoms with Crippen LogP contribution in [0.2, 0.25) is 0 Å². The highest BCUT2D eigenvalue weighted by molar-refractivity contribution is 7.09. The molecule has 0 N–H and O–H groups in total. The Kier molecular flexibility index (Phi) is 3.75. The molecule has 3 nitrogen and oxygen atoms in total. The Morgan fingerprint density at radius 1 is 1.53 bits per heavy atom. The molecule has 1 aromatic heterocycles. The van der Waals surface area contributed by atoms with Crippen LogP contribution in [-0.2, 0) is 16.1 Å². The summed E-state index contributed by atoms with van der Waals surface area (Å²) in [6.07, 6.45) is 3.51. The van der Waals surface area contributed by atoms with E-state index in [0.29, 0.717) is 13.0 Å². The summed E-state index contributed by atoms with van der Waals surface area (Å²) >= 11 is 1.70. The highest BCUT2D eigenvalue weighted by Crippen LogP contribution is 2.13. The zero-order valence-electron chi connectivity index (χ0n) is 8.65. The van der Waals surface area contributed by atoms with Crippen molar-refractivity contribution >= 4 is 17.2 Å². The van der Waals surface area contributed by atoms with E-state index >= 15 is 0 Å². The van der Waals surface area contributed by atoms with Crippen molar-refractivity contribution in [1.82, 2.24) is 5.06 Å². The summed E-state index contributed by atoms with van der Waals surface area (Å²) in [6, 6.07) is 4.08. The fourth-order valence-corrected chi connectivity index (χ4v) is 2.31. The summed E-state index contributed by atoms with van der Waals surface area (Å²) in [7, 11) is 0. The maximum absolute atomic E-state index is 11.7. The van der Waals surface area contributed by atoms with Gasteiger partial charge in [-0.05, 0) is 30.7 Å². The molecule has 0 atom stereocenters. The predicted molar refractivity (Wildman–Crippen MR) is 59.5 cm³/mol. The van der Waals surface area contributed by atoms with Gasteiger partial charge in [0.1, 0.15) is 0 Å². The number of rotatable bonds is 3. The number of hydrogen-bond acceptors (Lipinski definition) is 3. The Morgan fingerprint density at radius 3 is 3.13 bits per heavy atom. The molecule has 15 heavy (non-hydrogen) atoms. The number of nitrogens with zero attached hydrogens (tertiary/aromatic N) is 1. The molecule has 0 aromatic carbocycles. The van der Waals surface area contributed by atoms with Crippen LogP contribution >= 0.6 is 11.3 Å². The van der Waals surface area contributed by atoms with Crippen LogP contribution in [-0.4, -0.2) is 24.1 Å². The van der Waals surface area contributed by atoms with Gasteiger partial charge in [-0.3, -0.25) is 9.63 Å². The number of carbonyl (C=O) groups is 1. The lowest BCUT2D eigenvalue weighted by Crippen LogP contribution is -2.35. The van der Waals surface area contributed by atoms with Crippen molar-refractivity contribution in [1.29, 1.82) is 0 Å². The van der Waals surface area contributed by atoms with Gasteiger partial charge in [0.15, 0.2) is 0 Å². The van der Waals surface area contributed by atoms with Gasteiger partial charge in [-0.2, -0.15) is 0 Å². The quantitative estimate of drug-likeness (QED) is 0.789. The average Bonchev–Trinajstić information content (AvgIpc) is 2.80. The molecule has 1 aromatic rings. The largest absolute Gasteiger partial charge is 0.273 e. The molecule has 0 bridgehead atoms. The number of hydrogen-bond donors (Lipinski definition) is 0. The van der Waals surface area contributed by atoms with Crippen LogP contribution < -0.4 is 0 Å². The summed E-state index contributed by atoms with van der Waals surface area (Å²) in [5.74, 6) is 0.114. The first-order chi connectivity index (χ1) is 7.36. The monoisotopic (exact) mass is 225 g/mol. The maximum Gasteiger partial charge on any atom is 0.246 e. The highest BCUT2D eigenvalue weighted by Gasteiger charge is 2.17. The molecule has 0 aliphatic carbocycles. The number of thiophene rings is 1. The van der Waals surface area contributed by atoms with E-state index in [2.05, 4.69) is 6.07 Å². The first-order valence-electron chi connectivity index (χ1n) is 5.32. The van der Waals surface area contributed by atoms with Crippen LogP contribution in [0.5, 0.6) is 0 Å². The molecule has 1 fully saturated rings. The lowest BCUT2D eigenvalue weighted by atomic mass is 10.2. The van der Waals surface area contributed by atoms with Gasteiger partial charge >= 0.3 is 0 Å². The Labute approximate surface area is 93.6 Å². The minimum atomic E-state index is 0.114. The van der Waals surface area contributed by atoms with Gasteiger partial charge in [-0.1, -0.05) is 6.07 Å². The topological polar surface area (TPSA) is 29.5 Å². The molecule has 0 spiro atoms. The van der Waals surface area contributed by atoms with E-state index in [1.54, 1.807) is 11.3 Å². The number of hydroxylamine groups is 2. The highest BCUT2D eigenvalue weighted by atomic mass is 32.1. The zero-order chi connectivity index (χ0) is 10.5. The van der Waals surface area contributed by atoms with Gasteiger partial charge in [0.05, 0.1) is 6.61 Å². The van der Waals surface area contributed by atoms with E-state index in [-0.39, 0.29) is 5.91 Å². The summed E-state index contributed by atoms with van der Waals surface area (Å²) in [5.41, 5.74) is 0. The SMILES string of the molecule is O=C(CCc1cccs1)N1CCCCO1. The van der Waals surface area contributed by atoms with E-state index in [4.69, 9.17) is 4.84 Å². The molecule has 4 heteroatoms. The molecule has 0 radical (unpaired) electrons. The van der Waals surface area contributed by atoms with Crippen molar-refractivity contribution in [2.24, 2.45) is 0 Å². The number of aryl methyl sites for hydroxylation is 1. The van der Waals surface area contributed by atoms with Crippen molar-refractivity contribution < 1.29 is 9.63 Å². The maximum atomic E-state index is 11.7. The van der Waals surface area contributed by atoms with Crippen LogP contribution in [0, 0.1) is 0 Å². The zero-order valence-corrected chi connectivity index (χ0v) is 9.46. The molecule has 82 valence electrons. The Balaban J connectivity index is 1.76. The van der Waals surface area contributed by atoms with E-state index < -0.39 is 0 Å². The lowest BCUT2D eigenvalue weighted by Gasteiger charge is -2.25. The van der Waals surface area contributed by atoms with Gasteiger partial charge in [0.25, 0.3) is 0 Å². The summed E-state index contributed by atoms with van der Waals surface area (Å²) < 4.78 is 0. The van der Waals surface area contributed by atoms with Crippen molar-refractivity contribution in [2.45, 2.75) is 25.7 Å². The summed E-state index contributed by atoms with van der Waals surface area (Å²) in [6.45, 7) is 1.44. The Hall–Kier alpha value is -0.870. The van der Waals surface area contributed by atoms with Crippen LogP contribution in [0.15, 0.2) is 17.5 Å². The van der Waals surface area contributed by atoms with E-state index in [1.165, 1.54) is 9.94 Å². The van der Waals surface area contributed by atoms with Crippen LogP contribution in [0.3, 0.4) is 0 Å². The fraction of sp³-hybridized carbons (Fsp3) is 0.545. The number of carbonyl (C=O) groups excluding carboxylic acids is 1. The molecular weight excluding hydrogens is 210 g/mol. The van der Waals surface area contributed by atoms with Crippen LogP contribution in [0.1, 0.15) is 24.1 Å². The van der Waals surface area contributed by atoms with E-state index in [0.717, 1.165) is 25.8 Å². The average molecular weight is 225 g/mol. The van der Waals surface area contributed by atoms with E-state index in [9.17, 15) is 4.79 Å². The van der Waals surface area contributed by atoms with Gasteiger partial charge in [-0.25, -0.2) is 5.06 Å². The molecule has 1 aliphatic rings. The third-order valence-corrected chi connectivity index (χ3v) is 3.38. The molecule has 1 saturated heterocycles. The summed E-state index contributed by atoms with van der Waals surface area (Å²) in [5, 5.41) is 3.56. The molecule has 1 amide bonds. The smallest absolute Gasteiger partial charge is 0.246 e. The third kappa shape index (κ3) is 3.04. The van der Waals surface area contributed by atoms with Gasteiger partial charge < -0.3 is 0 Å². The third-order valence-electron chi connectivity index (χ3n) is 2.45. The lowest BCUT2D eigenvalue weighted by molar-refractivity contribution is -0.197. The minimum Gasteiger partial charge on any atom is -0.273 e.